The Morgan fingerprint density at radius 3 is 2.56 bits per heavy atom. The molecular weight excluding hydrogens is 360 g/mol. The Balaban J connectivity index is 1.58. The highest BCUT2D eigenvalue weighted by atomic mass is 35.5. The van der Waals surface area contributed by atoms with Gasteiger partial charge in [-0.25, -0.2) is 4.98 Å². The zero-order valence-electron chi connectivity index (χ0n) is 14.5. The number of para-hydroxylation sites is 2. The second-order valence-corrected chi connectivity index (χ2v) is 6.45. The summed E-state index contributed by atoms with van der Waals surface area (Å²) in [5.41, 5.74) is 3.40. The minimum absolute atomic E-state index is 0.185. The number of carbonyl (C=O) groups is 1. The minimum atomic E-state index is -0.185. The molecule has 2 aromatic carbocycles. The van der Waals surface area contributed by atoms with Crippen molar-refractivity contribution in [3.05, 3.63) is 83.6 Å². The van der Waals surface area contributed by atoms with Crippen molar-refractivity contribution in [1.29, 1.82) is 0 Å². The number of benzene rings is 2. The van der Waals surface area contributed by atoms with E-state index in [4.69, 9.17) is 16.6 Å². The fraction of sp³-hybridized carbons (Fsp3) is 0.0952. The molecule has 1 N–H and O–H groups in total. The van der Waals surface area contributed by atoms with Gasteiger partial charge in [0, 0.05) is 31.0 Å². The van der Waals surface area contributed by atoms with Crippen LogP contribution in [0.1, 0.15) is 10.4 Å². The number of imidazole rings is 1. The van der Waals surface area contributed by atoms with E-state index in [0.717, 1.165) is 22.4 Å². The smallest absolute Gasteiger partial charge is 0.252 e. The number of rotatable bonds is 5. The largest absolute Gasteiger partial charge is 0.350 e. The average molecular weight is 377 g/mol. The number of hydrogen-bond acceptors (Lipinski definition) is 3. The summed E-state index contributed by atoms with van der Waals surface area (Å²) in [6, 6.07) is 18.9. The molecule has 0 unspecified atom stereocenters. The van der Waals surface area contributed by atoms with Crippen LogP contribution in [0.4, 0.5) is 0 Å². The molecule has 0 saturated heterocycles. The van der Waals surface area contributed by atoms with Crippen molar-refractivity contribution in [3.8, 4) is 11.4 Å². The van der Waals surface area contributed by atoms with E-state index in [1.807, 2.05) is 36.4 Å². The van der Waals surface area contributed by atoms with Gasteiger partial charge in [-0.05, 0) is 36.4 Å². The second-order valence-electron chi connectivity index (χ2n) is 6.05. The van der Waals surface area contributed by atoms with Gasteiger partial charge in [-0.15, -0.1) is 0 Å². The van der Waals surface area contributed by atoms with E-state index < -0.39 is 0 Å². The maximum absolute atomic E-state index is 12.4. The number of halogens is 1. The van der Waals surface area contributed by atoms with Crippen LogP contribution in [0.15, 0.2) is 73.1 Å². The van der Waals surface area contributed by atoms with Gasteiger partial charge >= 0.3 is 0 Å². The first-order valence-corrected chi connectivity index (χ1v) is 9.00. The summed E-state index contributed by atoms with van der Waals surface area (Å²) in [7, 11) is 0. The number of fused-ring (bicyclic) bond motifs is 1. The van der Waals surface area contributed by atoms with Crippen LogP contribution >= 0.6 is 11.6 Å². The highest BCUT2D eigenvalue weighted by molar-refractivity contribution is 6.33. The van der Waals surface area contributed by atoms with Crippen molar-refractivity contribution in [2.24, 2.45) is 0 Å². The molecule has 0 aliphatic rings. The Bertz CT molecular complexity index is 1090. The van der Waals surface area contributed by atoms with Crippen molar-refractivity contribution in [3.63, 3.8) is 0 Å². The Hall–Kier alpha value is -3.18. The number of nitrogens with zero attached hydrogens (tertiary/aromatic N) is 3. The van der Waals surface area contributed by atoms with Gasteiger partial charge in [-0.1, -0.05) is 35.9 Å². The van der Waals surface area contributed by atoms with Crippen LogP contribution in [0, 0.1) is 0 Å². The summed E-state index contributed by atoms with van der Waals surface area (Å²) in [5, 5.41) is 3.38. The summed E-state index contributed by atoms with van der Waals surface area (Å²) < 4.78 is 2.11. The Kier molecular flexibility index (Phi) is 4.85. The van der Waals surface area contributed by atoms with Gasteiger partial charge in [0.2, 0.25) is 0 Å². The summed E-state index contributed by atoms with van der Waals surface area (Å²) in [5.74, 6) is 0.668. The third-order valence-corrected chi connectivity index (χ3v) is 4.66. The van der Waals surface area contributed by atoms with E-state index in [-0.39, 0.29) is 5.91 Å². The number of hydrogen-bond donors (Lipinski definition) is 1. The summed E-state index contributed by atoms with van der Waals surface area (Å²) in [6.07, 6.45) is 3.50. The van der Waals surface area contributed by atoms with E-state index in [1.165, 1.54) is 0 Å². The van der Waals surface area contributed by atoms with Crippen LogP contribution in [-0.4, -0.2) is 27.0 Å². The topological polar surface area (TPSA) is 59.8 Å². The quantitative estimate of drug-likeness (QED) is 0.568. The molecule has 0 atom stereocenters. The van der Waals surface area contributed by atoms with Crippen LogP contribution in [0.25, 0.3) is 22.4 Å². The molecule has 0 saturated carbocycles. The molecule has 1 amide bonds. The van der Waals surface area contributed by atoms with Crippen LogP contribution in [-0.2, 0) is 6.54 Å². The van der Waals surface area contributed by atoms with Crippen LogP contribution in [0.2, 0.25) is 5.02 Å². The standard InChI is InChI=1S/C21H17ClN4O/c22-17-6-2-1-5-16(17)21(27)24-13-14-26-19-8-4-3-7-18(19)25-20(26)15-9-11-23-12-10-15/h1-12H,13-14H2,(H,24,27). The molecule has 0 fully saturated rings. The Morgan fingerprint density at radius 1 is 1.00 bits per heavy atom. The maximum Gasteiger partial charge on any atom is 0.252 e. The predicted molar refractivity (Wildman–Crippen MR) is 107 cm³/mol. The third-order valence-electron chi connectivity index (χ3n) is 4.33. The lowest BCUT2D eigenvalue weighted by atomic mass is 10.2. The fourth-order valence-electron chi connectivity index (χ4n) is 3.05. The van der Waals surface area contributed by atoms with E-state index in [2.05, 4.69) is 14.9 Å². The SMILES string of the molecule is O=C(NCCn1c(-c2ccncc2)nc2ccccc21)c1ccccc1Cl. The molecule has 0 aliphatic carbocycles. The number of carbonyl (C=O) groups excluding carboxylic acids is 1. The van der Waals surface area contributed by atoms with E-state index in [0.29, 0.717) is 23.7 Å². The molecule has 5 nitrogen and oxygen atoms in total. The third kappa shape index (κ3) is 3.55. The van der Waals surface area contributed by atoms with Crippen molar-refractivity contribution in [2.75, 3.05) is 6.54 Å². The molecule has 4 rings (SSSR count). The van der Waals surface area contributed by atoms with Crippen molar-refractivity contribution >= 4 is 28.5 Å². The van der Waals surface area contributed by atoms with Gasteiger partial charge in [0.25, 0.3) is 5.91 Å². The second kappa shape index (κ2) is 7.60. The molecule has 2 aromatic heterocycles. The molecule has 0 bridgehead atoms. The Labute approximate surface area is 161 Å². The number of nitrogens with one attached hydrogen (secondary N) is 1. The number of aromatic nitrogens is 3. The number of pyridine rings is 1. The van der Waals surface area contributed by atoms with E-state index in [9.17, 15) is 4.79 Å². The fourth-order valence-corrected chi connectivity index (χ4v) is 3.27. The summed E-state index contributed by atoms with van der Waals surface area (Å²) >= 11 is 6.10. The van der Waals surface area contributed by atoms with E-state index >= 15 is 0 Å². The zero-order valence-corrected chi connectivity index (χ0v) is 15.2. The van der Waals surface area contributed by atoms with Crippen LogP contribution in [0.3, 0.4) is 0 Å². The van der Waals surface area contributed by atoms with Gasteiger partial charge in [0.05, 0.1) is 21.6 Å². The lowest BCUT2D eigenvalue weighted by Gasteiger charge is -2.11. The van der Waals surface area contributed by atoms with Gasteiger partial charge in [0.15, 0.2) is 0 Å². The summed E-state index contributed by atoms with van der Waals surface area (Å²) in [6.45, 7) is 1.05. The summed E-state index contributed by atoms with van der Waals surface area (Å²) in [4.78, 5) is 21.2. The molecule has 6 heteroatoms. The molecule has 134 valence electrons. The normalized spacial score (nSPS) is 10.9. The zero-order chi connectivity index (χ0) is 18.6. The van der Waals surface area contributed by atoms with Gasteiger partial charge in [0.1, 0.15) is 5.82 Å². The highest BCUT2D eigenvalue weighted by Crippen LogP contribution is 2.24. The molecule has 2 heterocycles. The van der Waals surface area contributed by atoms with Crippen LogP contribution in [0.5, 0.6) is 0 Å². The molecule has 4 aromatic rings. The van der Waals surface area contributed by atoms with Gasteiger partial charge in [-0.2, -0.15) is 0 Å². The monoisotopic (exact) mass is 376 g/mol. The average Bonchev–Trinajstić information content (AvgIpc) is 3.08. The molecule has 27 heavy (non-hydrogen) atoms. The maximum atomic E-state index is 12.4. The van der Waals surface area contributed by atoms with Gasteiger partial charge < -0.3 is 9.88 Å². The van der Waals surface area contributed by atoms with E-state index in [1.54, 1.807) is 36.7 Å². The first kappa shape index (κ1) is 17.2. The lowest BCUT2D eigenvalue weighted by Crippen LogP contribution is -2.27. The van der Waals surface area contributed by atoms with Crippen molar-refractivity contribution < 1.29 is 4.79 Å². The first-order valence-electron chi connectivity index (χ1n) is 8.62. The lowest BCUT2D eigenvalue weighted by molar-refractivity contribution is 0.0952. The van der Waals surface area contributed by atoms with Crippen LogP contribution < -0.4 is 5.32 Å². The minimum Gasteiger partial charge on any atom is -0.350 e. The van der Waals surface area contributed by atoms with Gasteiger partial charge in [-0.3, -0.25) is 9.78 Å². The highest BCUT2D eigenvalue weighted by Gasteiger charge is 2.13. The molecule has 0 spiro atoms. The molecule has 0 radical (unpaired) electrons. The first-order chi connectivity index (χ1) is 13.2. The predicted octanol–water partition coefficient (Wildman–Crippen LogP) is 4.18. The Morgan fingerprint density at radius 2 is 1.74 bits per heavy atom. The van der Waals surface area contributed by atoms with Crippen molar-refractivity contribution in [1.82, 2.24) is 19.9 Å². The molecular formula is C21H17ClN4O. The number of amides is 1. The van der Waals surface area contributed by atoms with Crippen molar-refractivity contribution in [2.45, 2.75) is 6.54 Å². The molecule has 0 aliphatic heterocycles.